The molecule has 0 aliphatic carbocycles. The normalized spacial score (nSPS) is 11.2. The van der Waals surface area contributed by atoms with Crippen molar-refractivity contribution in [3.63, 3.8) is 0 Å². The van der Waals surface area contributed by atoms with Crippen LogP contribution in [0, 0.1) is 13.8 Å². The van der Waals surface area contributed by atoms with Gasteiger partial charge in [-0.3, -0.25) is 4.79 Å². The van der Waals surface area contributed by atoms with Crippen LogP contribution < -0.4 is 10.6 Å². The number of nitrogens with one attached hydrogen (secondary N) is 2. The van der Waals surface area contributed by atoms with E-state index < -0.39 is 11.7 Å². The SMILES string of the molecule is Cc1ccc(C)c(NC(=O)CNc2ccc(C(F)(F)F)cc2)c1. The zero-order valence-corrected chi connectivity index (χ0v) is 12.8. The average molecular weight is 322 g/mol. The molecular formula is C17H17F3N2O. The van der Waals surface area contributed by atoms with Crippen LogP contribution >= 0.6 is 0 Å². The highest BCUT2D eigenvalue weighted by atomic mass is 19.4. The number of anilines is 2. The summed E-state index contributed by atoms with van der Waals surface area (Å²) in [5.74, 6) is -0.265. The summed E-state index contributed by atoms with van der Waals surface area (Å²) in [6, 6.07) is 10.3. The summed E-state index contributed by atoms with van der Waals surface area (Å²) in [6.45, 7) is 3.78. The van der Waals surface area contributed by atoms with Crippen LogP contribution in [0.25, 0.3) is 0 Å². The fraction of sp³-hybridized carbons (Fsp3) is 0.235. The summed E-state index contributed by atoms with van der Waals surface area (Å²) < 4.78 is 37.4. The van der Waals surface area contributed by atoms with E-state index in [0.717, 1.165) is 28.9 Å². The van der Waals surface area contributed by atoms with Crippen molar-refractivity contribution in [2.24, 2.45) is 0 Å². The number of rotatable bonds is 4. The smallest absolute Gasteiger partial charge is 0.376 e. The molecule has 3 nitrogen and oxygen atoms in total. The summed E-state index contributed by atoms with van der Waals surface area (Å²) in [7, 11) is 0. The van der Waals surface area contributed by atoms with Gasteiger partial charge in [0.1, 0.15) is 0 Å². The molecule has 23 heavy (non-hydrogen) atoms. The largest absolute Gasteiger partial charge is 0.416 e. The number of hydrogen-bond donors (Lipinski definition) is 2. The zero-order valence-electron chi connectivity index (χ0n) is 12.8. The third-order valence-corrected chi connectivity index (χ3v) is 3.33. The summed E-state index contributed by atoms with van der Waals surface area (Å²) in [6.07, 6.45) is -4.36. The maximum Gasteiger partial charge on any atom is 0.416 e. The molecule has 0 atom stereocenters. The fourth-order valence-electron chi connectivity index (χ4n) is 2.02. The number of carbonyl (C=O) groups excluding carboxylic acids is 1. The molecular weight excluding hydrogens is 305 g/mol. The van der Waals surface area contributed by atoms with Crippen LogP contribution in [-0.4, -0.2) is 12.5 Å². The molecule has 2 aromatic carbocycles. The van der Waals surface area contributed by atoms with E-state index in [0.29, 0.717) is 5.69 Å². The Morgan fingerprint density at radius 1 is 1.04 bits per heavy atom. The number of benzene rings is 2. The lowest BCUT2D eigenvalue weighted by molar-refractivity contribution is -0.137. The predicted molar refractivity (Wildman–Crippen MR) is 84.5 cm³/mol. The number of hydrogen-bond acceptors (Lipinski definition) is 2. The van der Waals surface area contributed by atoms with Gasteiger partial charge in [-0.05, 0) is 55.3 Å². The summed E-state index contributed by atoms with van der Waals surface area (Å²) in [4.78, 5) is 11.9. The number of alkyl halides is 3. The molecule has 122 valence electrons. The Labute approximate surface area is 132 Å². The van der Waals surface area contributed by atoms with E-state index in [1.807, 2.05) is 32.0 Å². The van der Waals surface area contributed by atoms with Crippen LogP contribution in [0.1, 0.15) is 16.7 Å². The molecule has 0 aromatic heterocycles. The van der Waals surface area contributed by atoms with Crippen LogP contribution in [0.3, 0.4) is 0 Å². The molecule has 2 N–H and O–H groups in total. The molecule has 0 heterocycles. The lowest BCUT2D eigenvalue weighted by Crippen LogP contribution is -2.22. The standard InChI is InChI=1S/C17H17F3N2O/c1-11-3-4-12(2)15(9-11)22-16(23)10-21-14-7-5-13(6-8-14)17(18,19)20/h3-9,21H,10H2,1-2H3,(H,22,23). The molecule has 0 aliphatic rings. The molecule has 0 unspecified atom stereocenters. The molecule has 0 fully saturated rings. The van der Waals surface area contributed by atoms with Gasteiger partial charge in [-0.2, -0.15) is 13.2 Å². The maximum absolute atomic E-state index is 12.5. The van der Waals surface area contributed by atoms with E-state index in [-0.39, 0.29) is 12.5 Å². The number of aryl methyl sites for hydroxylation is 2. The first-order chi connectivity index (χ1) is 10.8. The molecule has 1 amide bonds. The minimum atomic E-state index is -4.36. The van der Waals surface area contributed by atoms with Gasteiger partial charge in [-0.25, -0.2) is 0 Å². The lowest BCUT2D eigenvalue weighted by Gasteiger charge is -2.11. The predicted octanol–water partition coefficient (Wildman–Crippen LogP) is 4.37. The first kappa shape index (κ1) is 16.9. The molecule has 0 bridgehead atoms. The van der Waals surface area contributed by atoms with Gasteiger partial charge in [0, 0.05) is 11.4 Å². The Morgan fingerprint density at radius 2 is 1.70 bits per heavy atom. The first-order valence-electron chi connectivity index (χ1n) is 7.04. The third kappa shape index (κ3) is 4.74. The lowest BCUT2D eigenvalue weighted by atomic mass is 10.1. The molecule has 6 heteroatoms. The summed E-state index contributed by atoms with van der Waals surface area (Å²) in [5, 5.41) is 5.57. The van der Waals surface area contributed by atoms with Crippen LogP contribution in [-0.2, 0) is 11.0 Å². The fourth-order valence-corrected chi connectivity index (χ4v) is 2.02. The van der Waals surface area contributed by atoms with Crippen LogP contribution in [0.5, 0.6) is 0 Å². The number of amides is 1. The van der Waals surface area contributed by atoms with Crippen LogP contribution in [0.15, 0.2) is 42.5 Å². The van der Waals surface area contributed by atoms with E-state index in [4.69, 9.17) is 0 Å². The van der Waals surface area contributed by atoms with Crippen molar-refractivity contribution in [1.29, 1.82) is 0 Å². The Hall–Kier alpha value is -2.50. The van der Waals surface area contributed by atoms with Gasteiger partial charge in [-0.15, -0.1) is 0 Å². The molecule has 0 saturated heterocycles. The third-order valence-electron chi connectivity index (χ3n) is 3.33. The van der Waals surface area contributed by atoms with Gasteiger partial charge in [0.2, 0.25) is 5.91 Å². The van der Waals surface area contributed by atoms with Crippen molar-refractivity contribution in [3.05, 3.63) is 59.2 Å². The summed E-state index contributed by atoms with van der Waals surface area (Å²) in [5.41, 5.74) is 2.43. The molecule has 0 spiro atoms. The minimum absolute atomic E-state index is 0.0290. The summed E-state index contributed by atoms with van der Waals surface area (Å²) >= 11 is 0. The quantitative estimate of drug-likeness (QED) is 0.877. The van der Waals surface area contributed by atoms with Crippen molar-refractivity contribution in [3.8, 4) is 0 Å². The van der Waals surface area contributed by atoms with Crippen LogP contribution in [0.4, 0.5) is 24.5 Å². The Bertz CT molecular complexity index is 694. The topological polar surface area (TPSA) is 41.1 Å². The van der Waals surface area contributed by atoms with E-state index in [1.165, 1.54) is 12.1 Å². The van der Waals surface area contributed by atoms with Crippen molar-refractivity contribution in [1.82, 2.24) is 0 Å². The molecule has 0 aliphatic heterocycles. The van der Waals surface area contributed by atoms with E-state index in [2.05, 4.69) is 10.6 Å². The van der Waals surface area contributed by atoms with Gasteiger partial charge in [0.15, 0.2) is 0 Å². The average Bonchev–Trinajstić information content (AvgIpc) is 2.48. The molecule has 2 rings (SSSR count). The van der Waals surface area contributed by atoms with Gasteiger partial charge in [0.25, 0.3) is 0 Å². The second-order valence-electron chi connectivity index (χ2n) is 5.30. The van der Waals surface area contributed by atoms with Crippen molar-refractivity contribution in [2.45, 2.75) is 20.0 Å². The maximum atomic E-state index is 12.5. The highest BCUT2D eigenvalue weighted by molar-refractivity contribution is 5.94. The molecule has 2 aromatic rings. The van der Waals surface area contributed by atoms with Crippen LogP contribution in [0.2, 0.25) is 0 Å². The van der Waals surface area contributed by atoms with Gasteiger partial charge in [-0.1, -0.05) is 12.1 Å². The van der Waals surface area contributed by atoms with E-state index in [9.17, 15) is 18.0 Å². The molecule has 0 saturated carbocycles. The number of carbonyl (C=O) groups is 1. The van der Waals surface area contributed by atoms with Gasteiger partial charge < -0.3 is 10.6 Å². The van der Waals surface area contributed by atoms with Crippen molar-refractivity contribution >= 4 is 17.3 Å². The van der Waals surface area contributed by atoms with Gasteiger partial charge in [0.05, 0.1) is 12.1 Å². The minimum Gasteiger partial charge on any atom is -0.376 e. The second-order valence-corrected chi connectivity index (χ2v) is 5.30. The van der Waals surface area contributed by atoms with Crippen molar-refractivity contribution < 1.29 is 18.0 Å². The monoisotopic (exact) mass is 322 g/mol. The first-order valence-corrected chi connectivity index (χ1v) is 7.04. The Morgan fingerprint density at radius 3 is 2.30 bits per heavy atom. The van der Waals surface area contributed by atoms with Crippen molar-refractivity contribution in [2.75, 3.05) is 17.2 Å². The molecule has 0 radical (unpaired) electrons. The Kier molecular flexibility index (Phi) is 4.93. The van der Waals surface area contributed by atoms with E-state index >= 15 is 0 Å². The number of halogens is 3. The zero-order chi connectivity index (χ0) is 17.0. The Balaban J connectivity index is 1.93. The second kappa shape index (κ2) is 6.73. The highest BCUT2D eigenvalue weighted by Gasteiger charge is 2.29. The van der Waals surface area contributed by atoms with E-state index in [1.54, 1.807) is 0 Å². The van der Waals surface area contributed by atoms with Gasteiger partial charge >= 0.3 is 6.18 Å². The highest BCUT2D eigenvalue weighted by Crippen LogP contribution is 2.29.